The standard InChI is InChI=1S/C19H21I/c1-14-7-9-16(10-8-14)18-13-17(11-12-19(18)20)15-5-3-2-4-6-15/h7-13,15H,2-6H2,1H3. The van der Waals surface area contributed by atoms with Gasteiger partial charge in [-0.2, -0.15) is 0 Å². The maximum Gasteiger partial charge on any atom is 0.0208 e. The molecule has 1 heteroatoms. The van der Waals surface area contributed by atoms with E-state index in [9.17, 15) is 0 Å². The summed E-state index contributed by atoms with van der Waals surface area (Å²) in [6, 6.07) is 16.0. The summed E-state index contributed by atoms with van der Waals surface area (Å²) in [6.07, 6.45) is 6.96. The molecule has 0 N–H and O–H groups in total. The first kappa shape index (κ1) is 14.1. The van der Waals surface area contributed by atoms with E-state index in [1.165, 1.54) is 52.4 Å². The molecule has 3 rings (SSSR count). The lowest BCUT2D eigenvalue weighted by Crippen LogP contribution is -2.04. The zero-order chi connectivity index (χ0) is 13.9. The first-order valence-electron chi connectivity index (χ1n) is 7.60. The van der Waals surface area contributed by atoms with E-state index in [4.69, 9.17) is 0 Å². The van der Waals surface area contributed by atoms with E-state index in [2.05, 4.69) is 72.0 Å². The van der Waals surface area contributed by atoms with Crippen LogP contribution in [0.4, 0.5) is 0 Å². The Morgan fingerprint density at radius 3 is 2.30 bits per heavy atom. The van der Waals surface area contributed by atoms with Crippen LogP contribution in [0.5, 0.6) is 0 Å². The SMILES string of the molecule is Cc1ccc(-c2cc(C3CCCCC3)ccc2I)cc1. The summed E-state index contributed by atoms with van der Waals surface area (Å²) in [5, 5.41) is 0. The van der Waals surface area contributed by atoms with Gasteiger partial charge >= 0.3 is 0 Å². The van der Waals surface area contributed by atoms with E-state index < -0.39 is 0 Å². The minimum atomic E-state index is 0.782. The molecule has 20 heavy (non-hydrogen) atoms. The molecule has 1 aliphatic carbocycles. The fourth-order valence-corrected chi connectivity index (χ4v) is 3.83. The smallest absolute Gasteiger partial charge is 0.0208 e. The molecular formula is C19H21I. The van der Waals surface area contributed by atoms with E-state index in [-0.39, 0.29) is 0 Å². The molecule has 0 aromatic heterocycles. The van der Waals surface area contributed by atoms with Gasteiger partial charge in [0.2, 0.25) is 0 Å². The van der Waals surface area contributed by atoms with Crippen LogP contribution in [0, 0.1) is 10.5 Å². The van der Waals surface area contributed by atoms with Crippen molar-refractivity contribution in [3.8, 4) is 11.1 Å². The van der Waals surface area contributed by atoms with Gasteiger partial charge in [-0.05, 0) is 77.1 Å². The third-order valence-corrected chi connectivity index (χ3v) is 5.37. The first-order valence-corrected chi connectivity index (χ1v) is 8.68. The molecule has 0 atom stereocenters. The minimum Gasteiger partial charge on any atom is -0.0587 e. The summed E-state index contributed by atoms with van der Waals surface area (Å²) in [5.41, 5.74) is 5.61. The third-order valence-electron chi connectivity index (χ3n) is 4.43. The molecule has 0 saturated heterocycles. The summed E-state index contributed by atoms with van der Waals surface area (Å²) in [5.74, 6) is 0.782. The quantitative estimate of drug-likeness (QED) is 0.539. The topological polar surface area (TPSA) is 0 Å². The molecule has 0 radical (unpaired) electrons. The maximum atomic E-state index is 2.46. The Balaban J connectivity index is 1.95. The predicted octanol–water partition coefficient (Wildman–Crippen LogP) is 6.31. The van der Waals surface area contributed by atoms with Crippen molar-refractivity contribution in [2.75, 3.05) is 0 Å². The van der Waals surface area contributed by atoms with Gasteiger partial charge in [0, 0.05) is 3.57 Å². The van der Waals surface area contributed by atoms with Gasteiger partial charge in [-0.3, -0.25) is 0 Å². The molecule has 0 nitrogen and oxygen atoms in total. The van der Waals surface area contributed by atoms with Crippen LogP contribution in [0.15, 0.2) is 42.5 Å². The lowest BCUT2D eigenvalue weighted by Gasteiger charge is -2.23. The van der Waals surface area contributed by atoms with Crippen molar-refractivity contribution in [1.82, 2.24) is 0 Å². The summed E-state index contributed by atoms with van der Waals surface area (Å²) < 4.78 is 1.35. The van der Waals surface area contributed by atoms with E-state index in [1.54, 1.807) is 5.56 Å². The van der Waals surface area contributed by atoms with E-state index in [0.717, 1.165) is 5.92 Å². The van der Waals surface area contributed by atoms with Crippen LogP contribution in [0.25, 0.3) is 11.1 Å². The molecular weight excluding hydrogens is 355 g/mol. The summed E-state index contributed by atoms with van der Waals surface area (Å²) in [6.45, 7) is 2.15. The Labute approximate surface area is 135 Å². The number of hydrogen-bond acceptors (Lipinski definition) is 0. The van der Waals surface area contributed by atoms with Crippen molar-refractivity contribution < 1.29 is 0 Å². The van der Waals surface area contributed by atoms with Gasteiger partial charge in [-0.1, -0.05) is 55.2 Å². The molecule has 104 valence electrons. The summed E-state index contributed by atoms with van der Waals surface area (Å²) in [7, 11) is 0. The van der Waals surface area contributed by atoms with E-state index >= 15 is 0 Å². The predicted molar refractivity (Wildman–Crippen MR) is 95.2 cm³/mol. The molecule has 1 aliphatic rings. The maximum absolute atomic E-state index is 2.46. The van der Waals surface area contributed by atoms with E-state index in [1.807, 2.05) is 0 Å². The Kier molecular flexibility index (Phi) is 4.45. The molecule has 0 amide bonds. The van der Waals surface area contributed by atoms with Crippen LogP contribution in [-0.4, -0.2) is 0 Å². The number of benzene rings is 2. The largest absolute Gasteiger partial charge is 0.0587 e. The zero-order valence-corrected chi connectivity index (χ0v) is 14.2. The molecule has 0 unspecified atom stereocenters. The molecule has 0 heterocycles. The van der Waals surface area contributed by atoms with Gasteiger partial charge in [0.05, 0.1) is 0 Å². The van der Waals surface area contributed by atoms with Crippen LogP contribution < -0.4 is 0 Å². The van der Waals surface area contributed by atoms with Crippen LogP contribution in [0.3, 0.4) is 0 Å². The fraction of sp³-hybridized carbons (Fsp3) is 0.368. The second-order valence-electron chi connectivity index (χ2n) is 5.94. The second-order valence-corrected chi connectivity index (χ2v) is 7.10. The summed E-state index contributed by atoms with van der Waals surface area (Å²) in [4.78, 5) is 0. The zero-order valence-electron chi connectivity index (χ0n) is 12.0. The number of aryl methyl sites for hydroxylation is 1. The molecule has 0 bridgehead atoms. The highest BCUT2D eigenvalue weighted by atomic mass is 127. The molecule has 1 saturated carbocycles. The molecule has 2 aromatic carbocycles. The molecule has 0 spiro atoms. The van der Waals surface area contributed by atoms with Crippen molar-refractivity contribution in [3.05, 3.63) is 57.2 Å². The van der Waals surface area contributed by atoms with Crippen LogP contribution in [-0.2, 0) is 0 Å². The van der Waals surface area contributed by atoms with Crippen molar-refractivity contribution in [2.24, 2.45) is 0 Å². The first-order chi connectivity index (χ1) is 9.74. The molecule has 1 fully saturated rings. The minimum absolute atomic E-state index is 0.782. The molecule has 0 aliphatic heterocycles. The second kappa shape index (κ2) is 6.30. The van der Waals surface area contributed by atoms with Crippen LogP contribution >= 0.6 is 22.6 Å². The van der Waals surface area contributed by atoms with Gasteiger partial charge in [-0.25, -0.2) is 0 Å². The van der Waals surface area contributed by atoms with Crippen molar-refractivity contribution in [3.63, 3.8) is 0 Å². The Hall–Kier alpha value is -0.830. The Morgan fingerprint density at radius 1 is 0.900 bits per heavy atom. The number of rotatable bonds is 2. The average Bonchev–Trinajstić information content (AvgIpc) is 2.50. The van der Waals surface area contributed by atoms with Crippen LogP contribution in [0.1, 0.15) is 49.1 Å². The van der Waals surface area contributed by atoms with Crippen LogP contribution in [0.2, 0.25) is 0 Å². The highest BCUT2D eigenvalue weighted by Crippen LogP contribution is 2.36. The Bertz CT molecular complexity index is 577. The summed E-state index contributed by atoms with van der Waals surface area (Å²) >= 11 is 2.46. The number of halogens is 1. The van der Waals surface area contributed by atoms with Crippen molar-refractivity contribution >= 4 is 22.6 Å². The van der Waals surface area contributed by atoms with Gasteiger partial charge in [0.25, 0.3) is 0 Å². The third kappa shape index (κ3) is 3.08. The van der Waals surface area contributed by atoms with Gasteiger partial charge in [0.15, 0.2) is 0 Å². The Morgan fingerprint density at radius 2 is 1.60 bits per heavy atom. The van der Waals surface area contributed by atoms with Gasteiger partial charge in [-0.15, -0.1) is 0 Å². The van der Waals surface area contributed by atoms with Gasteiger partial charge in [0.1, 0.15) is 0 Å². The highest BCUT2D eigenvalue weighted by Gasteiger charge is 2.16. The molecule has 2 aromatic rings. The average molecular weight is 376 g/mol. The van der Waals surface area contributed by atoms with Crippen molar-refractivity contribution in [1.29, 1.82) is 0 Å². The normalized spacial score (nSPS) is 16.3. The van der Waals surface area contributed by atoms with Gasteiger partial charge < -0.3 is 0 Å². The monoisotopic (exact) mass is 376 g/mol. The lowest BCUT2D eigenvalue weighted by atomic mass is 9.83. The lowest BCUT2D eigenvalue weighted by molar-refractivity contribution is 0.443. The van der Waals surface area contributed by atoms with E-state index in [0.29, 0.717) is 0 Å². The number of hydrogen-bond donors (Lipinski definition) is 0. The fourth-order valence-electron chi connectivity index (χ4n) is 3.19. The van der Waals surface area contributed by atoms with Crippen molar-refractivity contribution in [2.45, 2.75) is 44.9 Å². The highest BCUT2D eigenvalue weighted by molar-refractivity contribution is 14.1.